The molecular weight excluding hydrogens is 444 g/mol. The van der Waals surface area contributed by atoms with Crippen LogP contribution in [0.2, 0.25) is 0 Å². The highest BCUT2D eigenvalue weighted by Gasteiger charge is 2.52. The van der Waals surface area contributed by atoms with Gasteiger partial charge in [0.05, 0.1) is 16.2 Å². The second-order valence-electron chi connectivity index (χ2n) is 10.1. The first kappa shape index (κ1) is 20.8. The van der Waals surface area contributed by atoms with E-state index in [0.717, 1.165) is 11.3 Å². The third-order valence-electron chi connectivity index (χ3n) is 7.94. The summed E-state index contributed by atoms with van der Waals surface area (Å²) in [6.07, 6.45) is 0. The van der Waals surface area contributed by atoms with Gasteiger partial charge < -0.3 is 0 Å². The van der Waals surface area contributed by atoms with E-state index in [2.05, 4.69) is 129 Å². The van der Waals surface area contributed by atoms with Crippen molar-refractivity contribution in [2.24, 2.45) is 0 Å². The number of rotatable bonds is 2. The molecule has 0 N–H and O–H groups in total. The molecule has 35 heavy (non-hydrogen) atoms. The molecule has 0 bridgehead atoms. The Kier molecular flexibility index (Phi) is 4.15. The number of hydrogen-bond donors (Lipinski definition) is 0. The summed E-state index contributed by atoms with van der Waals surface area (Å²) in [7, 11) is -1.71. The second-order valence-corrected chi connectivity index (χ2v) is 13.7. The van der Waals surface area contributed by atoms with E-state index in [1.807, 2.05) is 0 Å². The normalized spacial score (nSPS) is 16.8. The molecule has 2 aromatic heterocycles. The van der Waals surface area contributed by atoms with Crippen LogP contribution in [0.1, 0.15) is 30.7 Å². The van der Waals surface area contributed by atoms with Gasteiger partial charge in [-0.1, -0.05) is 72.8 Å². The Morgan fingerprint density at radius 2 is 1.26 bits per heavy atom. The highest BCUT2D eigenvalue weighted by Crippen LogP contribution is 2.80. The van der Waals surface area contributed by atoms with E-state index in [0.29, 0.717) is 0 Å². The average Bonchev–Trinajstić information content (AvgIpc) is 3.23. The van der Waals surface area contributed by atoms with Gasteiger partial charge in [0.2, 0.25) is 0 Å². The Bertz CT molecular complexity index is 1740. The van der Waals surface area contributed by atoms with E-state index in [9.17, 15) is 0 Å². The lowest BCUT2D eigenvalue weighted by molar-refractivity contribution is 0.736. The summed E-state index contributed by atoms with van der Waals surface area (Å²) in [6, 6.07) is 35.9. The van der Waals surface area contributed by atoms with Gasteiger partial charge in [-0.15, -0.1) is 10.0 Å². The lowest BCUT2D eigenvalue weighted by Crippen LogP contribution is -2.32. The van der Waals surface area contributed by atoms with Crippen LogP contribution in [0.15, 0.2) is 112 Å². The van der Waals surface area contributed by atoms with Crippen molar-refractivity contribution in [3.8, 4) is 0 Å². The van der Waals surface area contributed by atoms with Gasteiger partial charge in [-0.2, -0.15) is 0 Å². The molecule has 0 saturated heterocycles. The molecule has 2 nitrogen and oxygen atoms in total. The van der Waals surface area contributed by atoms with Gasteiger partial charge in [-0.3, -0.25) is 4.40 Å². The molecular formula is C32H28N2S. The number of hydrogen-bond acceptors (Lipinski definition) is 1. The molecule has 1 aliphatic heterocycles. The zero-order chi connectivity index (χ0) is 23.9. The molecule has 1 aliphatic rings. The standard InChI is InChI=1S/C32H28N2S/c1-21-19-20-27-29-28(21)25-17-11-12-18-26(25)30-33-22(2)31(34(29)30)35(32(27,3)4,23-13-7-5-8-14-23)24-15-9-6-10-16-24/h5-20H,1-4H3. The smallest absolute Gasteiger partial charge is 0.146 e. The first-order valence-electron chi connectivity index (χ1n) is 12.2. The second kappa shape index (κ2) is 6.99. The number of fused-ring (bicyclic) bond motifs is 3. The van der Waals surface area contributed by atoms with E-state index in [-0.39, 0.29) is 4.75 Å². The van der Waals surface area contributed by atoms with Crippen LogP contribution >= 0.6 is 10.0 Å². The first-order chi connectivity index (χ1) is 17.0. The van der Waals surface area contributed by atoms with Crippen LogP contribution in [0.5, 0.6) is 0 Å². The highest BCUT2D eigenvalue weighted by molar-refractivity contribution is 8.34. The van der Waals surface area contributed by atoms with Crippen molar-refractivity contribution in [1.29, 1.82) is 0 Å². The summed E-state index contributed by atoms with van der Waals surface area (Å²) in [5.74, 6) is 0. The molecule has 0 unspecified atom stereocenters. The zero-order valence-corrected chi connectivity index (χ0v) is 21.4. The summed E-state index contributed by atoms with van der Waals surface area (Å²) in [6.45, 7) is 9.39. The van der Waals surface area contributed by atoms with Crippen LogP contribution < -0.4 is 0 Å². The lowest BCUT2D eigenvalue weighted by Gasteiger charge is -2.55. The summed E-state index contributed by atoms with van der Waals surface area (Å²) in [5.41, 5.74) is 6.25. The van der Waals surface area contributed by atoms with Crippen LogP contribution in [-0.2, 0) is 4.75 Å². The van der Waals surface area contributed by atoms with Crippen molar-refractivity contribution >= 4 is 37.4 Å². The number of aryl methyl sites for hydroxylation is 2. The largest absolute Gasteiger partial charge is 0.287 e. The van der Waals surface area contributed by atoms with E-state index >= 15 is 0 Å². The van der Waals surface area contributed by atoms with Gasteiger partial charge in [0.25, 0.3) is 0 Å². The molecule has 0 radical (unpaired) electrons. The van der Waals surface area contributed by atoms with Gasteiger partial charge in [-0.05, 0) is 68.5 Å². The molecule has 3 heterocycles. The minimum absolute atomic E-state index is 0.155. The minimum Gasteiger partial charge on any atom is -0.287 e. The van der Waals surface area contributed by atoms with Gasteiger partial charge >= 0.3 is 0 Å². The molecule has 172 valence electrons. The van der Waals surface area contributed by atoms with Crippen molar-refractivity contribution < 1.29 is 0 Å². The maximum absolute atomic E-state index is 5.32. The van der Waals surface area contributed by atoms with Crippen LogP contribution in [0.25, 0.3) is 27.3 Å². The van der Waals surface area contributed by atoms with Crippen molar-refractivity contribution in [2.75, 3.05) is 0 Å². The average molecular weight is 473 g/mol. The molecule has 0 saturated carbocycles. The Balaban J connectivity index is 1.84. The molecule has 0 fully saturated rings. The molecule has 3 heteroatoms. The molecule has 4 aromatic carbocycles. The quantitative estimate of drug-likeness (QED) is 0.230. The van der Waals surface area contributed by atoms with Crippen LogP contribution in [0, 0.1) is 13.8 Å². The predicted molar refractivity (Wildman–Crippen MR) is 148 cm³/mol. The predicted octanol–water partition coefficient (Wildman–Crippen LogP) is 8.79. The molecule has 0 aliphatic carbocycles. The summed E-state index contributed by atoms with van der Waals surface area (Å²) in [4.78, 5) is 8.09. The fourth-order valence-corrected chi connectivity index (χ4v) is 11.5. The molecule has 7 rings (SSSR count). The van der Waals surface area contributed by atoms with Gasteiger partial charge in [-0.25, -0.2) is 4.98 Å². The Morgan fingerprint density at radius 3 is 1.89 bits per heavy atom. The Morgan fingerprint density at radius 1 is 0.686 bits per heavy atom. The van der Waals surface area contributed by atoms with E-state index in [1.165, 1.54) is 47.6 Å². The minimum atomic E-state index is -1.71. The monoisotopic (exact) mass is 472 g/mol. The van der Waals surface area contributed by atoms with Crippen molar-refractivity contribution in [3.63, 3.8) is 0 Å². The third-order valence-corrected chi connectivity index (χ3v) is 12.7. The topological polar surface area (TPSA) is 17.3 Å². The van der Waals surface area contributed by atoms with E-state index < -0.39 is 10.0 Å². The SMILES string of the molecule is Cc1nc2c3ccccc3c3c(C)ccc4c3n2c1S(c1ccccc1)(c1ccccc1)C4(C)C. The highest BCUT2D eigenvalue weighted by atomic mass is 32.3. The number of pyridine rings is 1. The summed E-state index contributed by atoms with van der Waals surface area (Å²) in [5, 5.41) is 5.24. The Hall–Kier alpha value is -3.56. The van der Waals surface area contributed by atoms with Crippen LogP contribution in [0.3, 0.4) is 0 Å². The number of aromatic nitrogens is 2. The summed E-state index contributed by atoms with van der Waals surface area (Å²) < 4.78 is 2.38. The maximum Gasteiger partial charge on any atom is 0.146 e. The molecule has 0 atom stereocenters. The number of nitrogens with zero attached hydrogens (tertiary/aromatic N) is 2. The van der Waals surface area contributed by atoms with Gasteiger partial charge in [0.1, 0.15) is 5.65 Å². The Labute approximate surface area is 207 Å². The third kappa shape index (κ3) is 2.39. The van der Waals surface area contributed by atoms with Crippen LogP contribution in [0.4, 0.5) is 0 Å². The zero-order valence-electron chi connectivity index (χ0n) is 20.5. The van der Waals surface area contributed by atoms with Gasteiger partial charge in [0, 0.05) is 25.3 Å². The fourth-order valence-electron chi connectivity index (χ4n) is 6.51. The molecule has 0 amide bonds. The van der Waals surface area contributed by atoms with Crippen molar-refractivity contribution in [1.82, 2.24) is 9.38 Å². The van der Waals surface area contributed by atoms with Crippen LogP contribution in [-0.4, -0.2) is 9.38 Å². The van der Waals surface area contributed by atoms with Crippen molar-refractivity contribution in [2.45, 2.75) is 47.3 Å². The summed E-state index contributed by atoms with van der Waals surface area (Å²) >= 11 is 0. The number of imidazole rings is 1. The molecule has 0 spiro atoms. The fraction of sp³-hybridized carbons (Fsp3) is 0.156. The van der Waals surface area contributed by atoms with Gasteiger partial charge in [0.15, 0.2) is 0 Å². The molecule has 6 aromatic rings. The lowest BCUT2D eigenvalue weighted by atomic mass is 9.93. The first-order valence-corrected chi connectivity index (χ1v) is 13.9. The number of benzene rings is 4. The van der Waals surface area contributed by atoms with Crippen molar-refractivity contribution in [3.05, 3.63) is 114 Å². The van der Waals surface area contributed by atoms with E-state index in [1.54, 1.807) is 0 Å². The maximum atomic E-state index is 5.32. The van der Waals surface area contributed by atoms with E-state index in [4.69, 9.17) is 4.98 Å².